The highest BCUT2D eigenvalue weighted by Gasteiger charge is 2.38. The van der Waals surface area contributed by atoms with E-state index in [1.165, 1.54) is 11.8 Å². The number of aliphatic carboxylic acids is 1. The third kappa shape index (κ3) is 7.28. The van der Waals surface area contributed by atoms with Crippen LogP contribution >= 0.6 is 11.8 Å². The Balaban J connectivity index is 0.000000479. The van der Waals surface area contributed by atoms with Crippen molar-refractivity contribution in [2.75, 3.05) is 43.5 Å². The van der Waals surface area contributed by atoms with Crippen LogP contribution in [-0.2, 0) is 20.5 Å². The largest absolute Gasteiger partial charge is 0.490 e. The van der Waals surface area contributed by atoms with Gasteiger partial charge in [-0.05, 0) is 24.3 Å². The van der Waals surface area contributed by atoms with Gasteiger partial charge in [0, 0.05) is 29.4 Å². The first kappa shape index (κ1) is 28.6. The van der Waals surface area contributed by atoms with Crippen LogP contribution in [0, 0.1) is 0 Å². The molecule has 2 aromatic rings. The van der Waals surface area contributed by atoms with Crippen molar-refractivity contribution in [1.82, 2.24) is 4.90 Å². The lowest BCUT2D eigenvalue weighted by Crippen LogP contribution is -2.53. The molecule has 5 N–H and O–H groups in total. The number of morpholine rings is 1. The highest BCUT2D eigenvalue weighted by atomic mass is 32.2. The second kappa shape index (κ2) is 11.6. The standard InChI is InChI=1S/C20H21F3N4O2S.C2HF3O2/c21-20(22,23)12-9-14(26-19(28)15-11-29-8-7-27(15)6-5-24)18-17(10-12)30-16-4-2-1-3-13(16)25-18;3-2(4,5)1(6)7/h1-4,9-10,15,25H,5-8,11,24H2,(H,26,28);(H,6,7)/t15-;/m0./s1. The summed E-state index contributed by atoms with van der Waals surface area (Å²) in [6.07, 6.45) is -9.62. The molecule has 37 heavy (non-hydrogen) atoms. The zero-order valence-electron chi connectivity index (χ0n) is 18.9. The van der Waals surface area contributed by atoms with Crippen LogP contribution in [0.1, 0.15) is 5.56 Å². The molecule has 4 rings (SSSR count). The summed E-state index contributed by atoms with van der Waals surface area (Å²) in [5, 5.41) is 13.0. The van der Waals surface area contributed by atoms with Gasteiger partial charge in [0.05, 0.1) is 35.8 Å². The van der Waals surface area contributed by atoms with Crippen molar-refractivity contribution in [1.29, 1.82) is 0 Å². The summed E-state index contributed by atoms with van der Waals surface area (Å²) in [6, 6.07) is 8.78. The van der Waals surface area contributed by atoms with Gasteiger partial charge in [-0.25, -0.2) is 4.79 Å². The van der Waals surface area contributed by atoms with Crippen LogP contribution in [0.2, 0.25) is 0 Å². The number of rotatable bonds is 4. The first-order chi connectivity index (χ1) is 17.3. The minimum absolute atomic E-state index is 0.0881. The number of hydrogen-bond acceptors (Lipinski definition) is 7. The number of carboxylic acid groups (broad SMARTS) is 1. The summed E-state index contributed by atoms with van der Waals surface area (Å²) in [4.78, 5) is 25.0. The summed E-state index contributed by atoms with van der Waals surface area (Å²) in [7, 11) is 0. The van der Waals surface area contributed by atoms with Gasteiger partial charge in [0.15, 0.2) is 0 Å². The second-order valence-electron chi connectivity index (χ2n) is 7.83. The van der Waals surface area contributed by atoms with E-state index in [4.69, 9.17) is 20.4 Å². The van der Waals surface area contributed by atoms with Gasteiger partial charge in [-0.3, -0.25) is 9.69 Å². The van der Waals surface area contributed by atoms with E-state index >= 15 is 0 Å². The number of nitrogens with one attached hydrogen (secondary N) is 2. The van der Waals surface area contributed by atoms with E-state index < -0.39 is 35.8 Å². The lowest BCUT2D eigenvalue weighted by atomic mass is 10.1. The minimum Gasteiger partial charge on any atom is -0.475 e. The van der Waals surface area contributed by atoms with Crippen molar-refractivity contribution in [3.8, 4) is 0 Å². The molecule has 1 saturated heterocycles. The third-order valence-corrected chi connectivity index (χ3v) is 6.37. The van der Waals surface area contributed by atoms with Crippen LogP contribution in [-0.4, -0.2) is 66.9 Å². The highest BCUT2D eigenvalue weighted by molar-refractivity contribution is 7.99. The topological polar surface area (TPSA) is 117 Å². The van der Waals surface area contributed by atoms with E-state index in [0.29, 0.717) is 36.8 Å². The van der Waals surface area contributed by atoms with Gasteiger partial charge in [-0.1, -0.05) is 23.9 Å². The van der Waals surface area contributed by atoms with Crippen LogP contribution < -0.4 is 16.4 Å². The molecule has 2 aliphatic rings. The Morgan fingerprint density at radius 1 is 1.16 bits per heavy atom. The van der Waals surface area contributed by atoms with Crippen LogP contribution in [0.3, 0.4) is 0 Å². The van der Waals surface area contributed by atoms with Gasteiger partial charge >= 0.3 is 18.3 Å². The van der Waals surface area contributed by atoms with Gasteiger partial charge < -0.3 is 26.2 Å². The molecule has 0 aliphatic carbocycles. The van der Waals surface area contributed by atoms with E-state index in [2.05, 4.69) is 10.6 Å². The predicted molar refractivity (Wildman–Crippen MR) is 123 cm³/mol. The number of nitrogens with zero attached hydrogens (tertiary/aromatic N) is 1. The van der Waals surface area contributed by atoms with Crippen LogP contribution in [0.25, 0.3) is 0 Å². The Kier molecular flexibility index (Phi) is 8.94. The fourth-order valence-corrected chi connectivity index (χ4v) is 4.59. The molecule has 2 aliphatic heterocycles. The molecular formula is C22H22F6N4O4S. The van der Waals surface area contributed by atoms with E-state index in [9.17, 15) is 31.1 Å². The molecule has 8 nitrogen and oxygen atoms in total. The fourth-order valence-electron chi connectivity index (χ4n) is 3.53. The summed E-state index contributed by atoms with van der Waals surface area (Å²) < 4.78 is 77.7. The van der Waals surface area contributed by atoms with E-state index in [0.717, 1.165) is 22.7 Å². The maximum Gasteiger partial charge on any atom is 0.490 e. The number of carboxylic acids is 1. The van der Waals surface area contributed by atoms with Crippen molar-refractivity contribution in [2.24, 2.45) is 5.73 Å². The normalized spacial score (nSPS) is 17.4. The third-order valence-electron chi connectivity index (χ3n) is 5.25. The molecule has 2 aromatic carbocycles. The lowest BCUT2D eigenvalue weighted by molar-refractivity contribution is -0.192. The number of carbonyl (C=O) groups excluding carboxylic acids is 1. The van der Waals surface area contributed by atoms with Crippen LogP contribution in [0.15, 0.2) is 46.2 Å². The van der Waals surface area contributed by atoms with Crippen LogP contribution in [0.4, 0.5) is 43.4 Å². The zero-order chi connectivity index (χ0) is 27.4. The summed E-state index contributed by atoms with van der Waals surface area (Å²) in [5.41, 5.74) is 6.12. The summed E-state index contributed by atoms with van der Waals surface area (Å²) >= 11 is 1.23. The number of nitrogens with two attached hydrogens (primary N) is 1. The van der Waals surface area contributed by atoms with Gasteiger partial charge in [0.1, 0.15) is 6.04 Å². The molecule has 0 aromatic heterocycles. The molecule has 0 saturated carbocycles. The Morgan fingerprint density at radius 3 is 2.46 bits per heavy atom. The number of hydrogen-bond donors (Lipinski definition) is 4. The first-order valence-electron chi connectivity index (χ1n) is 10.7. The number of para-hydroxylation sites is 1. The lowest BCUT2D eigenvalue weighted by Gasteiger charge is -2.34. The summed E-state index contributed by atoms with van der Waals surface area (Å²) in [6.45, 7) is 2.06. The van der Waals surface area contributed by atoms with Crippen molar-refractivity contribution < 1.29 is 45.8 Å². The van der Waals surface area contributed by atoms with Crippen molar-refractivity contribution in [3.63, 3.8) is 0 Å². The van der Waals surface area contributed by atoms with E-state index in [1.807, 2.05) is 29.2 Å². The molecule has 0 spiro atoms. The highest BCUT2D eigenvalue weighted by Crippen LogP contribution is 2.49. The van der Waals surface area contributed by atoms with Gasteiger partial charge in [-0.2, -0.15) is 26.3 Å². The molecule has 1 atom stereocenters. The molecule has 1 amide bonds. The Morgan fingerprint density at radius 2 is 1.84 bits per heavy atom. The van der Waals surface area contributed by atoms with Gasteiger partial charge in [0.25, 0.3) is 0 Å². The quantitative estimate of drug-likeness (QED) is 0.357. The Labute approximate surface area is 211 Å². The zero-order valence-corrected chi connectivity index (χ0v) is 19.8. The fraction of sp³-hybridized carbons (Fsp3) is 0.364. The van der Waals surface area contributed by atoms with Crippen molar-refractivity contribution >= 4 is 40.7 Å². The minimum atomic E-state index is -5.08. The van der Waals surface area contributed by atoms with Gasteiger partial charge in [0.2, 0.25) is 5.91 Å². The summed E-state index contributed by atoms with van der Waals surface area (Å²) in [5.74, 6) is -3.18. The number of halogens is 6. The average molecular weight is 552 g/mol. The monoisotopic (exact) mass is 552 g/mol. The molecular weight excluding hydrogens is 530 g/mol. The van der Waals surface area contributed by atoms with E-state index in [1.54, 1.807) is 0 Å². The molecule has 202 valence electrons. The first-order valence-corrected chi connectivity index (χ1v) is 11.5. The Bertz CT molecular complexity index is 1140. The molecule has 2 heterocycles. The number of anilines is 3. The molecule has 0 radical (unpaired) electrons. The molecule has 15 heteroatoms. The van der Waals surface area contributed by atoms with Crippen molar-refractivity contribution in [3.05, 3.63) is 42.0 Å². The predicted octanol–water partition coefficient (Wildman–Crippen LogP) is 4.14. The van der Waals surface area contributed by atoms with Gasteiger partial charge in [-0.15, -0.1) is 0 Å². The number of carbonyl (C=O) groups is 2. The number of alkyl halides is 6. The Hall–Kier alpha value is -3.01. The number of ether oxygens (including phenoxy) is 1. The number of fused-ring (bicyclic) bond motifs is 2. The maximum absolute atomic E-state index is 13.5. The van der Waals surface area contributed by atoms with E-state index in [-0.39, 0.29) is 12.3 Å². The molecule has 0 unspecified atom stereocenters. The number of amides is 1. The van der Waals surface area contributed by atoms with Crippen molar-refractivity contribution in [2.45, 2.75) is 28.2 Å². The van der Waals surface area contributed by atoms with Crippen LogP contribution in [0.5, 0.6) is 0 Å². The number of benzene rings is 2. The second-order valence-corrected chi connectivity index (χ2v) is 8.91. The molecule has 1 fully saturated rings. The smallest absolute Gasteiger partial charge is 0.475 e. The molecule has 0 bridgehead atoms. The SMILES string of the molecule is NCCN1CCOC[C@H]1C(=O)Nc1cc(C(F)(F)F)cc2c1Nc1ccccc1S2.O=C(O)C(F)(F)F. The maximum atomic E-state index is 13.5. The average Bonchev–Trinajstić information content (AvgIpc) is 2.82.